The molecule has 0 amide bonds. The van der Waals surface area contributed by atoms with Gasteiger partial charge in [0.2, 0.25) is 5.88 Å². The molecule has 0 aliphatic heterocycles. The Morgan fingerprint density at radius 2 is 2.00 bits per heavy atom. The lowest BCUT2D eigenvalue weighted by Gasteiger charge is -2.12. The zero-order chi connectivity index (χ0) is 13.2. The van der Waals surface area contributed by atoms with Crippen molar-refractivity contribution in [3.63, 3.8) is 0 Å². The summed E-state index contributed by atoms with van der Waals surface area (Å²) in [6.45, 7) is 0. The molecular formula is C8H4F5N3O. The number of hydrogen-bond acceptors (Lipinski definition) is 4. The summed E-state index contributed by atoms with van der Waals surface area (Å²) in [5, 5.41) is 8.42. The third-order valence-corrected chi connectivity index (χ3v) is 1.62. The number of nitrogen functional groups attached to an aromatic ring is 1. The molecule has 0 aliphatic carbocycles. The monoisotopic (exact) mass is 253 g/mol. The van der Waals surface area contributed by atoms with Gasteiger partial charge in [0, 0.05) is 5.56 Å². The second-order valence-corrected chi connectivity index (χ2v) is 2.78. The zero-order valence-electron chi connectivity index (χ0n) is 7.92. The Balaban J connectivity index is 3.30. The van der Waals surface area contributed by atoms with Gasteiger partial charge in [0.05, 0.1) is 0 Å². The summed E-state index contributed by atoms with van der Waals surface area (Å²) < 4.78 is 63.9. The van der Waals surface area contributed by atoms with Gasteiger partial charge < -0.3 is 10.5 Å². The highest BCUT2D eigenvalue weighted by Crippen LogP contribution is 2.34. The summed E-state index contributed by atoms with van der Waals surface area (Å²) in [7, 11) is 0. The summed E-state index contributed by atoms with van der Waals surface area (Å²) >= 11 is 0. The first-order valence-electron chi connectivity index (χ1n) is 3.99. The molecule has 1 aromatic heterocycles. The van der Waals surface area contributed by atoms with Gasteiger partial charge in [-0.25, -0.2) is 13.8 Å². The number of aromatic nitrogens is 1. The van der Waals surface area contributed by atoms with E-state index in [1.165, 1.54) is 6.07 Å². The molecule has 1 aromatic rings. The number of pyridine rings is 1. The van der Waals surface area contributed by atoms with Crippen LogP contribution in [0.3, 0.4) is 0 Å². The highest BCUT2D eigenvalue weighted by Gasteiger charge is 2.34. The smallest absolute Gasteiger partial charge is 0.394 e. The molecule has 4 nitrogen and oxygen atoms in total. The van der Waals surface area contributed by atoms with Crippen LogP contribution in [0.25, 0.3) is 0 Å². The van der Waals surface area contributed by atoms with Crippen LogP contribution in [0.1, 0.15) is 17.7 Å². The van der Waals surface area contributed by atoms with E-state index in [0.717, 1.165) is 0 Å². The topological polar surface area (TPSA) is 71.9 Å². The summed E-state index contributed by atoms with van der Waals surface area (Å²) in [5.41, 5.74) is 2.51. The fourth-order valence-electron chi connectivity index (χ4n) is 0.976. The third-order valence-electron chi connectivity index (χ3n) is 1.62. The maximum Gasteiger partial charge on any atom is 0.574 e. The maximum atomic E-state index is 12.4. The number of halogens is 5. The number of alkyl halides is 5. The van der Waals surface area contributed by atoms with Gasteiger partial charge in [0.25, 0.3) is 6.43 Å². The molecule has 0 spiro atoms. The van der Waals surface area contributed by atoms with E-state index in [2.05, 4.69) is 9.72 Å². The molecule has 0 saturated carbocycles. The molecule has 0 unspecified atom stereocenters. The van der Waals surface area contributed by atoms with Gasteiger partial charge in [-0.1, -0.05) is 0 Å². The van der Waals surface area contributed by atoms with E-state index in [-0.39, 0.29) is 0 Å². The number of ether oxygens (including phenoxy) is 1. The van der Waals surface area contributed by atoms with E-state index < -0.39 is 35.6 Å². The Hall–Kier alpha value is -2.11. The summed E-state index contributed by atoms with van der Waals surface area (Å²) in [6.07, 6.45) is -8.27. The Morgan fingerprint density at radius 3 is 2.41 bits per heavy atom. The molecule has 0 fully saturated rings. The van der Waals surface area contributed by atoms with Crippen LogP contribution < -0.4 is 10.5 Å². The van der Waals surface area contributed by atoms with Crippen LogP contribution in [0, 0.1) is 11.3 Å². The summed E-state index contributed by atoms with van der Waals surface area (Å²) in [4.78, 5) is 3.06. The summed E-state index contributed by atoms with van der Waals surface area (Å²) in [5.74, 6) is -1.26. The fraction of sp³-hybridized carbons (Fsp3) is 0.250. The van der Waals surface area contributed by atoms with Crippen LogP contribution in [0.15, 0.2) is 6.07 Å². The van der Waals surface area contributed by atoms with Gasteiger partial charge in [-0.15, -0.1) is 13.2 Å². The molecule has 9 heteroatoms. The Labute approximate surface area is 91.4 Å². The lowest BCUT2D eigenvalue weighted by Crippen LogP contribution is -2.19. The third kappa shape index (κ3) is 3.17. The van der Waals surface area contributed by atoms with Gasteiger partial charge in [-0.2, -0.15) is 5.26 Å². The highest BCUT2D eigenvalue weighted by atomic mass is 19.4. The van der Waals surface area contributed by atoms with Gasteiger partial charge >= 0.3 is 6.36 Å². The molecule has 0 radical (unpaired) electrons. The second-order valence-electron chi connectivity index (χ2n) is 2.78. The van der Waals surface area contributed by atoms with E-state index in [0.29, 0.717) is 6.07 Å². The van der Waals surface area contributed by atoms with E-state index in [9.17, 15) is 22.0 Å². The number of rotatable bonds is 2. The minimum absolute atomic E-state index is 0.600. The number of nitrogens with zero attached hydrogens (tertiary/aromatic N) is 2. The molecule has 1 rings (SSSR count). The minimum Gasteiger partial charge on any atom is -0.394 e. The fourth-order valence-corrected chi connectivity index (χ4v) is 0.976. The van der Waals surface area contributed by atoms with Crippen LogP contribution in [0.5, 0.6) is 5.88 Å². The van der Waals surface area contributed by atoms with Gasteiger partial charge in [-0.05, 0) is 6.07 Å². The quantitative estimate of drug-likeness (QED) is 0.821. The largest absolute Gasteiger partial charge is 0.574 e. The average molecular weight is 253 g/mol. The number of anilines is 1. The highest BCUT2D eigenvalue weighted by molar-refractivity contribution is 5.57. The van der Waals surface area contributed by atoms with Crippen LogP contribution in [0.4, 0.5) is 27.6 Å². The van der Waals surface area contributed by atoms with Crippen molar-refractivity contribution in [2.45, 2.75) is 12.8 Å². The molecule has 92 valence electrons. The molecular weight excluding hydrogens is 249 g/mol. The van der Waals surface area contributed by atoms with E-state index in [1.54, 1.807) is 0 Å². The number of hydrogen-bond donors (Lipinski definition) is 1. The SMILES string of the molecule is N#Cc1cc(C(F)F)c(N)c(OC(F)(F)F)n1. The van der Waals surface area contributed by atoms with Crippen molar-refractivity contribution in [2.75, 3.05) is 5.73 Å². The van der Waals surface area contributed by atoms with Crippen molar-refractivity contribution < 1.29 is 26.7 Å². The standard InChI is InChI=1S/C8H4F5N3O/c9-6(10)4-1-3(2-14)16-7(5(4)15)17-8(11,12)13/h1,6H,15H2. The molecule has 0 aliphatic rings. The van der Waals surface area contributed by atoms with Crippen molar-refractivity contribution in [1.29, 1.82) is 5.26 Å². The van der Waals surface area contributed by atoms with Crippen molar-refractivity contribution in [2.24, 2.45) is 0 Å². The first kappa shape index (κ1) is 13.0. The Morgan fingerprint density at radius 1 is 1.41 bits per heavy atom. The molecule has 17 heavy (non-hydrogen) atoms. The molecule has 0 bridgehead atoms. The molecule has 0 aromatic carbocycles. The average Bonchev–Trinajstić information content (AvgIpc) is 2.18. The molecule has 2 N–H and O–H groups in total. The van der Waals surface area contributed by atoms with Gasteiger partial charge in [0.15, 0.2) is 0 Å². The second kappa shape index (κ2) is 4.40. The van der Waals surface area contributed by atoms with Crippen molar-refractivity contribution in [1.82, 2.24) is 4.98 Å². The van der Waals surface area contributed by atoms with Crippen LogP contribution >= 0.6 is 0 Å². The predicted octanol–water partition coefficient (Wildman–Crippen LogP) is 2.37. The zero-order valence-corrected chi connectivity index (χ0v) is 7.92. The maximum absolute atomic E-state index is 12.4. The van der Waals surface area contributed by atoms with E-state index >= 15 is 0 Å². The summed E-state index contributed by atoms with van der Waals surface area (Å²) in [6, 6.07) is 1.93. The van der Waals surface area contributed by atoms with E-state index in [1.807, 2.05) is 0 Å². The van der Waals surface area contributed by atoms with Crippen LogP contribution in [0.2, 0.25) is 0 Å². The molecule has 1 heterocycles. The minimum atomic E-state index is -5.13. The van der Waals surface area contributed by atoms with Crippen LogP contribution in [-0.2, 0) is 0 Å². The van der Waals surface area contributed by atoms with Gasteiger partial charge in [0.1, 0.15) is 17.5 Å². The number of nitrogens with two attached hydrogens (primary N) is 1. The lowest BCUT2D eigenvalue weighted by molar-refractivity contribution is -0.275. The Bertz CT molecular complexity index is 465. The number of nitriles is 1. The van der Waals surface area contributed by atoms with Crippen molar-refractivity contribution >= 4 is 5.69 Å². The van der Waals surface area contributed by atoms with Crippen molar-refractivity contribution in [3.8, 4) is 11.9 Å². The Kier molecular flexibility index (Phi) is 3.36. The first-order chi connectivity index (χ1) is 7.74. The van der Waals surface area contributed by atoms with Crippen LogP contribution in [-0.4, -0.2) is 11.3 Å². The first-order valence-corrected chi connectivity index (χ1v) is 3.99. The van der Waals surface area contributed by atoms with Gasteiger partial charge in [-0.3, -0.25) is 0 Å². The molecule has 0 saturated heterocycles. The molecule has 0 atom stereocenters. The van der Waals surface area contributed by atoms with Crippen molar-refractivity contribution in [3.05, 3.63) is 17.3 Å². The lowest BCUT2D eigenvalue weighted by atomic mass is 10.2. The normalized spacial score (nSPS) is 11.4. The van der Waals surface area contributed by atoms with E-state index in [4.69, 9.17) is 11.0 Å². The predicted molar refractivity (Wildman–Crippen MR) is 45.0 cm³/mol.